The van der Waals surface area contributed by atoms with E-state index in [1.54, 1.807) is 24.3 Å². The molecule has 3 rings (SSSR count). The lowest BCUT2D eigenvalue weighted by atomic mass is 9.92. The monoisotopic (exact) mass is 441 g/mol. The van der Waals surface area contributed by atoms with E-state index in [0.29, 0.717) is 48.2 Å². The van der Waals surface area contributed by atoms with Crippen molar-refractivity contribution < 1.29 is 14.4 Å². The number of halogens is 1. The molecule has 1 heterocycles. The summed E-state index contributed by atoms with van der Waals surface area (Å²) in [5.41, 5.74) is 2.07. The first-order chi connectivity index (χ1) is 14.9. The van der Waals surface area contributed by atoms with Gasteiger partial charge in [-0.15, -0.1) is 0 Å². The van der Waals surface area contributed by atoms with Crippen LogP contribution in [-0.4, -0.2) is 35.7 Å². The molecule has 0 bridgehead atoms. The number of amides is 3. The van der Waals surface area contributed by atoms with Crippen LogP contribution in [0.3, 0.4) is 0 Å². The van der Waals surface area contributed by atoms with Crippen molar-refractivity contribution in [1.29, 1.82) is 0 Å². The predicted octanol–water partition coefficient (Wildman–Crippen LogP) is 4.25. The summed E-state index contributed by atoms with van der Waals surface area (Å²) >= 11 is 6.13. The highest BCUT2D eigenvalue weighted by molar-refractivity contribution is 6.31. The molecule has 0 unspecified atom stereocenters. The third kappa shape index (κ3) is 6.82. The maximum absolute atomic E-state index is 12.9. The molecular formula is C24H28ClN3O3. The van der Waals surface area contributed by atoms with E-state index < -0.39 is 0 Å². The van der Waals surface area contributed by atoms with Gasteiger partial charge in [0.1, 0.15) is 0 Å². The van der Waals surface area contributed by atoms with Crippen LogP contribution in [0.25, 0.3) is 0 Å². The fourth-order valence-electron chi connectivity index (χ4n) is 3.86. The molecule has 7 heteroatoms. The lowest BCUT2D eigenvalue weighted by molar-refractivity contribution is -0.121. The van der Waals surface area contributed by atoms with E-state index in [9.17, 15) is 14.4 Å². The van der Waals surface area contributed by atoms with Gasteiger partial charge in [0.15, 0.2) is 0 Å². The van der Waals surface area contributed by atoms with Gasteiger partial charge < -0.3 is 15.5 Å². The number of benzene rings is 2. The number of carbonyl (C=O) groups is 3. The molecule has 3 amide bonds. The van der Waals surface area contributed by atoms with Crippen LogP contribution >= 0.6 is 11.6 Å². The topological polar surface area (TPSA) is 78.5 Å². The van der Waals surface area contributed by atoms with Gasteiger partial charge >= 0.3 is 0 Å². The van der Waals surface area contributed by atoms with E-state index in [-0.39, 0.29) is 17.7 Å². The average molecular weight is 442 g/mol. The Hall–Kier alpha value is -2.86. The number of carbonyl (C=O) groups excluding carboxylic acids is 3. The lowest BCUT2D eigenvalue weighted by Crippen LogP contribution is -2.40. The Kier molecular flexibility index (Phi) is 8.06. The van der Waals surface area contributed by atoms with Crippen LogP contribution in [0, 0.1) is 5.92 Å². The normalized spacial score (nSPS) is 15.9. The summed E-state index contributed by atoms with van der Waals surface area (Å²) in [6, 6.07) is 14.5. The van der Waals surface area contributed by atoms with Crippen LogP contribution in [0.15, 0.2) is 48.5 Å². The summed E-state index contributed by atoms with van der Waals surface area (Å²) < 4.78 is 0. The van der Waals surface area contributed by atoms with Crippen molar-refractivity contribution in [3.8, 4) is 0 Å². The lowest BCUT2D eigenvalue weighted by Gasteiger charge is -2.33. The van der Waals surface area contributed by atoms with Gasteiger partial charge in [-0.2, -0.15) is 0 Å². The fraction of sp³-hybridized carbons (Fsp3) is 0.375. The Balaban J connectivity index is 1.49. The summed E-state index contributed by atoms with van der Waals surface area (Å²) in [5, 5.41) is 6.28. The van der Waals surface area contributed by atoms with E-state index in [0.717, 1.165) is 24.8 Å². The molecule has 0 saturated carbocycles. The first kappa shape index (κ1) is 22.8. The molecule has 6 nitrogen and oxygen atoms in total. The average Bonchev–Trinajstić information content (AvgIpc) is 2.76. The minimum Gasteiger partial charge on any atom is -0.352 e. The van der Waals surface area contributed by atoms with E-state index >= 15 is 0 Å². The molecule has 1 aliphatic heterocycles. The summed E-state index contributed by atoms with van der Waals surface area (Å²) in [6.45, 7) is 3.20. The molecule has 2 aromatic carbocycles. The zero-order valence-corrected chi connectivity index (χ0v) is 18.5. The van der Waals surface area contributed by atoms with Crippen molar-refractivity contribution in [1.82, 2.24) is 10.2 Å². The van der Waals surface area contributed by atoms with Gasteiger partial charge in [-0.1, -0.05) is 35.9 Å². The molecule has 1 fully saturated rings. The SMILES string of the molecule is CC(=O)Nc1cccc(C(=O)N2CCC[C@H](CCC(=O)NCc3ccccc3Cl)C2)c1. The Labute approximate surface area is 188 Å². The number of nitrogens with one attached hydrogen (secondary N) is 2. The largest absolute Gasteiger partial charge is 0.352 e. The van der Waals surface area contributed by atoms with E-state index in [2.05, 4.69) is 10.6 Å². The molecular weight excluding hydrogens is 414 g/mol. The summed E-state index contributed by atoms with van der Waals surface area (Å²) in [5.74, 6) is 0.0733. The number of hydrogen-bond donors (Lipinski definition) is 2. The molecule has 2 N–H and O–H groups in total. The minimum absolute atomic E-state index is 0.00798. The van der Waals surface area contributed by atoms with Crippen LogP contribution < -0.4 is 10.6 Å². The van der Waals surface area contributed by atoms with Crippen molar-refractivity contribution >= 4 is 35.0 Å². The van der Waals surface area contributed by atoms with Gasteiger partial charge in [-0.05, 0) is 55.0 Å². The van der Waals surface area contributed by atoms with Crippen LogP contribution in [0.4, 0.5) is 5.69 Å². The van der Waals surface area contributed by atoms with E-state index in [1.807, 2.05) is 29.2 Å². The highest BCUT2D eigenvalue weighted by atomic mass is 35.5. The first-order valence-electron chi connectivity index (χ1n) is 10.6. The predicted molar refractivity (Wildman–Crippen MR) is 122 cm³/mol. The Bertz CT molecular complexity index is 947. The molecule has 0 spiro atoms. The molecule has 31 heavy (non-hydrogen) atoms. The number of nitrogens with zero attached hydrogens (tertiary/aromatic N) is 1. The maximum atomic E-state index is 12.9. The third-order valence-electron chi connectivity index (χ3n) is 5.45. The minimum atomic E-state index is -0.171. The van der Waals surface area contributed by atoms with Gasteiger partial charge in [0.25, 0.3) is 5.91 Å². The van der Waals surface area contributed by atoms with Crippen molar-refractivity contribution in [3.05, 3.63) is 64.7 Å². The number of likely N-dealkylation sites (tertiary alicyclic amines) is 1. The second kappa shape index (κ2) is 11.0. The Morgan fingerprint density at radius 2 is 1.94 bits per heavy atom. The molecule has 1 atom stereocenters. The molecule has 0 radical (unpaired) electrons. The molecule has 0 aromatic heterocycles. The highest BCUT2D eigenvalue weighted by Gasteiger charge is 2.25. The van der Waals surface area contributed by atoms with E-state index in [4.69, 9.17) is 11.6 Å². The standard InChI is InChI=1S/C24H28ClN3O3/c1-17(29)27-21-9-4-8-19(14-21)24(31)28-13-5-6-18(16-28)11-12-23(30)26-15-20-7-2-3-10-22(20)25/h2-4,7-10,14,18H,5-6,11-13,15-16H2,1H3,(H,26,30)(H,27,29)/t18-/m1/s1. The smallest absolute Gasteiger partial charge is 0.253 e. The number of rotatable bonds is 7. The maximum Gasteiger partial charge on any atom is 0.253 e. The van der Waals surface area contributed by atoms with Crippen LogP contribution in [0.2, 0.25) is 5.02 Å². The fourth-order valence-corrected chi connectivity index (χ4v) is 4.06. The molecule has 0 aliphatic carbocycles. The quantitative estimate of drug-likeness (QED) is 0.674. The summed E-state index contributed by atoms with van der Waals surface area (Å²) in [7, 11) is 0. The van der Waals surface area contributed by atoms with E-state index in [1.165, 1.54) is 6.92 Å². The van der Waals surface area contributed by atoms with Crippen LogP contribution in [-0.2, 0) is 16.1 Å². The Morgan fingerprint density at radius 3 is 2.71 bits per heavy atom. The first-order valence-corrected chi connectivity index (χ1v) is 11.0. The molecule has 164 valence electrons. The van der Waals surface area contributed by atoms with Crippen LogP contribution in [0.5, 0.6) is 0 Å². The summed E-state index contributed by atoms with van der Waals surface area (Å²) in [6.07, 6.45) is 3.09. The van der Waals surface area contributed by atoms with Crippen molar-refractivity contribution in [3.63, 3.8) is 0 Å². The van der Waals surface area contributed by atoms with Gasteiger partial charge in [-0.25, -0.2) is 0 Å². The second-order valence-electron chi connectivity index (χ2n) is 7.93. The van der Waals surface area contributed by atoms with Gasteiger partial charge in [0, 0.05) is 49.3 Å². The zero-order valence-electron chi connectivity index (χ0n) is 17.7. The van der Waals surface area contributed by atoms with Crippen molar-refractivity contribution in [2.45, 2.75) is 39.2 Å². The number of hydrogen-bond acceptors (Lipinski definition) is 3. The van der Waals surface area contributed by atoms with Crippen molar-refractivity contribution in [2.24, 2.45) is 5.92 Å². The zero-order chi connectivity index (χ0) is 22.2. The van der Waals surface area contributed by atoms with Crippen LogP contribution in [0.1, 0.15) is 48.5 Å². The molecule has 1 saturated heterocycles. The molecule has 2 aromatic rings. The highest BCUT2D eigenvalue weighted by Crippen LogP contribution is 2.23. The van der Waals surface area contributed by atoms with Crippen molar-refractivity contribution in [2.75, 3.05) is 18.4 Å². The van der Waals surface area contributed by atoms with Gasteiger partial charge in [-0.3, -0.25) is 14.4 Å². The summed E-state index contributed by atoms with van der Waals surface area (Å²) in [4.78, 5) is 38.3. The molecule has 1 aliphatic rings. The Morgan fingerprint density at radius 1 is 1.13 bits per heavy atom. The number of piperidine rings is 1. The third-order valence-corrected chi connectivity index (χ3v) is 5.82. The van der Waals surface area contributed by atoms with Gasteiger partial charge in [0.2, 0.25) is 11.8 Å². The number of anilines is 1. The van der Waals surface area contributed by atoms with Gasteiger partial charge in [0.05, 0.1) is 0 Å². The second-order valence-corrected chi connectivity index (χ2v) is 8.34.